The molecule has 9 heteroatoms. The van der Waals surface area contributed by atoms with Crippen molar-refractivity contribution in [2.24, 2.45) is 0 Å². The third-order valence-electron chi connectivity index (χ3n) is 2.25. The van der Waals surface area contributed by atoms with Gasteiger partial charge in [-0.3, -0.25) is 10.1 Å². The number of hydrogen-bond donors (Lipinski definition) is 0. The van der Waals surface area contributed by atoms with Gasteiger partial charge in [-0.05, 0) is 6.07 Å². The molecule has 0 aliphatic rings. The molecular formula is C9H5ClF3N3O2. The molecule has 0 bridgehead atoms. The first-order valence-electron chi connectivity index (χ1n) is 4.65. The number of rotatable bonds is 2. The van der Waals surface area contributed by atoms with E-state index in [2.05, 4.69) is 5.10 Å². The first-order valence-corrected chi connectivity index (χ1v) is 5.02. The summed E-state index contributed by atoms with van der Waals surface area (Å²) in [6.45, 7) is -1.41. The Kier molecular flexibility index (Phi) is 2.89. The van der Waals surface area contributed by atoms with Gasteiger partial charge in [0.05, 0.1) is 16.1 Å². The van der Waals surface area contributed by atoms with Gasteiger partial charge in [0.1, 0.15) is 12.1 Å². The highest BCUT2D eigenvalue weighted by Gasteiger charge is 2.31. The molecule has 0 unspecified atom stereocenters. The van der Waals surface area contributed by atoms with Crippen molar-refractivity contribution in [2.45, 2.75) is 12.7 Å². The van der Waals surface area contributed by atoms with E-state index in [1.807, 2.05) is 0 Å². The highest BCUT2D eigenvalue weighted by Crippen LogP contribution is 2.32. The van der Waals surface area contributed by atoms with Crippen molar-refractivity contribution in [1.29, 1.82) is 0 Å². The summed E-state index contributed by atoms with van der Waals surface area (Å²) >= 11 is 5.76. The fourth-order valence-corrected chi connectivity index (χ4v) is 1.79. The molecule has 18 heavy (non-hydrogen) atoms. The quantitative estimate of drug-likeness (QED) is 0.626. The van der Waals surface area contributed by atoms with Gasteiger partial charge in [-0.25, -0.2) is 4.68 Å². The number of alkyl halides is 3. The van der Waals surface area contributed by atoms with Crippen LogP contribution in [-0.4, -0.2) is 20.9 Å². The summed E-state index contributed by atoms with van der Waals surface area (Å²) in [6, 6.07) is 2.31. The zero-order valence-electron chi connectivity index (χ0n) is 8.61. The molecule has 0 aliphatic carbocycles. The monoisotopic (exact) mass is 279 g/mol. The van der Waals surface area contributed by atoms with Gasteiger partial charge in [-0.1, -0.05) is 11.6 Å². The fraction of sp³-hybridized carbons (Fsp3) is 0.222. The van der Waals surface area contributed by atoms with Gasteiger partial charge in [0.25, 0.3) is 5.69 Å². The van der Waals surface area contributed by atoms with E-state index in [-0.39, 0.29) is 15.9 Å². The van der Waals surface area contributed by atoms with Crippen molar-refractivity contribution < 1.29 is 18.1 Å². The van der Waals surface area contributed by atoms with Crippen molar-refractivity contribution in [1.82, 2.24) is 9.78 Å². The van der Waals surface area contributed by atoms with Gasteiger partial charge in [0.2, 0.25) is 0 Å². The van der Waals surface area contributed by atoms with E-state index in [4.69, 9.17) is 11.6 Å². The van der Waals surface area contributed by atoms with Crippen LogP contribution in [0.15, 0.2) is 18.3 Å². The van der Waals surface area contributed by atoms with Gasteiger partial charge in [0.15, 0.2) is 0 Å². The molecule has 2 rings (SSSR count). The summed E-state index contributed by atoms with van der Waals surface area (Å²) < 4.78 is 37.5. The smallest absolute Gasteiger partial charge is 0.258 e. The van der Waals surface area contributed by atoms with Gasteiger partial charge in [0, 0.05) is 11.5 Å². The number of halogens is 4. The maximum absolute atomic E-state index is 12.3. The largest absolute Gasteiger partial charge is 0.408 e. The lowest BCUT2D eigenvalue weighted by molar-refractivity contribution is -0.383. The van der Waals surface area contributed by atoms with E-state index < -0.39 is 23.3 Å². The van der Waals surface area contributed by atoms with E-state index in [9.17, 15) is 23.3 Å². The van der Waals surface area contributed by atoms with Crippen molar-refractivity contribution >= 4 is 28.2 Å². The number of benzene rings is 1. The van der Waals surface area contributed by atoms with E-state index in [1.54, 1.807) is 0 Å². The van der Waals surface area contributed by atoms with E-state index in [0.717, 1.165) is 12.3 Å². The second-order valence-electron chi connectivity index (χ2n) is 3.50. The second-order valence-corrected chi connectivity index (χ2v) is 3.91. The number of nitro groups is 1. The average Bonchev–Trinajstić information content (AvgIpc) is 2.60. The van der Waals surface area contributed by atoms with Crippen LogP contribution in [0.4, 0.5) is 18.9 Å². The number of nitro benzene ring substituents is 1. The third kappa shape index (κ3) is 2.23. The summed E-state index contributed by atoms with van der Waals surface area (Å²) in [5.41, 5.74) is -0.694. The molecule has 5 nitrogen and oxygen atoms in total. The van der Waals surface area contributed by atoms with E-state index in [0.29, 0.717) is 4.68 Å². The minimum atomic E-state index is -4.52. The summed E-state index contributed by atoms with van der Waals surface area (Å²) in [7, 11) is 0. The van der Waals surface area contributed by atoms with Crippen LogP contribution in [0.2, 0.25) is 5.02 Å². The SMILES string of the molecule is O=[N+]([O-])c1ccc(Cl)c2cnn(CC(F)(F)F)c12. The molecule has 0 atom stereocenters. The first kappa shape index (κ1) is 12.6. The lowest BCUT2D eigenvalue weighted by Gasteiger charge is -2.07. The van der Waals surface area contributed by atoms with Gasteiger partial charge < -0.3 is 0 Å². The summed E-state index contributed by atoms with van der Waals surface area (Å²) in [5.74, 6) is 0. The molecule has 1 heterocycles. The Balaban J connectivity index is 2.69. The van der Waals surface area contributed by atoms with E-state index >= 15 is 0 Å². The Morgan fingerprint density at radius 1 is 1.44 bits per heavy atom. The summed E-state index contributed by atoms with van der Waals surface area (Å²) in [6.07, 6.45) is -3.44. The Labute approximate surface area is 103 Å². The maximum atomic E-state index is 12.3. The number of nitrogens with zero attached hydrogens (tertiary/aromatic N) is 3. The Bertz CT molecular complexity index is 623. The highest BCUT2D eigenvalue weighted by atomic mass is 35.5. The number of aromatic nitrogens is 2. The highest BCUT2D eigenvalue weighted by molar-refractivity contribution is 6.35. The number of hydrogen-bond acceptors (Lipinski definition) is 3. The van der Waals surface area contributed by atoms with Crippen LogP contribution in [0.1, 0.15) is 0 Å². The zero-order valence-corrected chi connectivity index (χ0v) is 9.37. The van der Waals surface area contributed by atoms with Gasteiger partial charge in [-0.2, -0.15) is 18.3 Å². The molecule has 0 spiro atoms. The molecule has 0 saturated heterocycles. The molecule has 0 saturated carbocycles. The Morgan fingerprint density at radius 3 is 2.67 bits per heavy atom. The molecule has 0 aliphatic heterocycles. The van der Waals surface area contributed by atoms with Crippen LogP contribution >= 0.6 is 11.6 Å². The average molecular weight is 280 g/mol. The third-order valence-corrected chi connectivity index (χ3v) is 2.58. The van der Waals surface area contributed by atoms with Crippen molar-refractivity contribution in [3.05, 3.63) is 33.5 Å². The van der Waals surface area contributed by atoms with Crippen LogP contribution in [0, 0.1) is 10.1 Å². The first-order chi connectivity index (χ1) is 8.29. The predicted octanol–water partition coefficient (Wildman–Crippen LogP) is 3.16. The van der Waals surface area contributed by atoms with E-state index in [1.165, 1.54) is 6.07 Å². The minimum absolute atomic E-state index is 0.115. The molecule has 0 radical (unpaired) electrons. The molecule has 0 N–H and O–H groups in total. The van der Waals surface area contributed by atoms with Crippen molar-refractivity contribution in [3.8, 4) is 0 Å². The molecule has 1 aromatic carbocycles. The van der Waals surface area contributed by atoms with Gasteiger partial charge in [-0.15, -0.1) is 0 Å². The molecule has 96 valence electrons. The molecule has 0 amide bonds. The van der Waals surface area contributed by atoms with Crippen LogP contribution in [0.5, 0.6) is 0 Å². The fourth-order valence-electron chi connectivity index (χ4n) is 1.59. The van der Waals surface area contributed by atoms with Crippen LogP contribution in [-0.2, 0) is 6.54 Å². The standard InChI is InChI=1S/C9H5ClF3N3O2/c10-6-1-2-7(16(17)18)8-5(6)3-14-15(8)4-9(11,12)13/h1-3H,4H2. The topological polar surface area (TPSA) is 61.0 Å². The van der Waals surface area contributed by atoms with Crippen LogP contribution in [0.25, 0.3) is 10.9 Å². The summed E-state index contributed by atoms with van der Waals surface area (Å²) in [4.78, 5) is 10.0. The molecule has 0 fully saturated rings. The maximum Gasteiger partial charge on any atom is 0.408 e. The number of non-ortho nitro benzene ring substituents is 1. The Morgan fingerprint density at radius 2 is 2.11 bits per heavy atom. The van der Waals surface area contributed by atoms with Crippen molar-refractivity contribution in [2.75, 3.05) is 0 Å². The molecule has 2 aromatic rings. The predicted molar refractivity (Wildman–Crippen MR) is 57.5 cm³/mol. The summed E-state index contributed by atoms with van der Waals surface area (Å²) in [5, 5.41) is 14.5. The molecule has 1 aromatic heterocycles. The number of fused-ring (bicyclic) bond motifs is 1. The van der Waals surface area contributed by atoms with Crippen LogP contribution < -0.4 is 0 Å². The zero-order chi connectivity index (χ0) is 13.5. The lowest BCUT2D eigenvalue weighted by Crippen LogP contribution is -2.18. The Hall–Kier alpha value is -1.83. The van der Waals surface area contributed by atoms with Crippen molar-refractivity contribution in [3.63, 3.8) is 0 Å². The van der Waals surface area contributed by atoms with Crippen LogP contribution in [0.3, 0.4) is 0 Å². The second kappa shape index (κ2) is 4.13. The van der Waals surface area contributed by atoms with Gasteiger partial charge >= 0.3 is 6.18 Å². The minimum Gasteiger partial charge on any atom is -0.258 e. The normalized spacial score (nSPS) is 12.0. The molecular weight excluding hydrogens is 275 g/mol. The lowest BCUT2D eigenvalue weighted by atomic mass is 10.2.